The number of aliphatic hydroxyl groups excluding tert-OH is 1. The van der Waals surface area contributed by atoms with E-state index in [9.17, 15) is 4.21 Å². The number of hydrogen-bond donors (Lipinski definition) is 2. The van der Waals surface area contributed by atoms with Crippen molar-refractivity contribution in [3.05, 3.63) is 0 Å². The summed E-state index contributed by atoms with van der Waals surface area (Å²) in [6.45, 7) is 0.235. The highest BCUT2D eigenvalue weighted by atomic mass is 32.2. The fourth-order valence-corrected chi connectivity index (χ4v) is 2.01. The molecule has 1 unspecified atom stereocenters. The van der Waals surface area contributed by atoms with Crippen LogP contribution in [-0.4, -0.2) is 37.7 Å². The number of thioether (sulfide) groups is 1. The average Bonchev–Trinajstić information content (AvgIpc) is 1.96. The average molecular weight is 198 g/mol. The topological polar surface area (TPSA) is 57.5 Å². The smallest absolute Gasteiger partial charge is 0.152 e. The standard InChI is InChI=1S/C6H14O3S2/c7-3-1-4-10-5-2-6-11(8)9/h7H,1-6H2,(H,8,9). The van der Waals surface area contributed by atoms with E-state index in [4.69, 9.17) is 9.66 Å². The van der Waals surface area contributed by atoms with Crippen LogP contribution in [0.4, 0.5) is 0 Å². The molecule has 0 aromatic carbocycles. The molecule has 2 N–H and O–H groups in total. The second kappa shape index (κ2) is 8.52. The van der Waals surface area contributed by atoms with Gasteiger partial charge in [0.15, 0.2) is 11.1 Å². The Morgan fingerprint density at radius 2 is 1.91 bits per heavy atom. The minimum Gasteiger partial charge on any atom is -0.396 e. The van der Waals surface area contributed by atoms with Gasteiger partial charge in [-0.2, -0.15) is 11.8 Å². The first-order chi connectivity index (χ1) is 5.27. The molecular weight excluding hydrogens is 184 g/mol. The molecule has 1 atom stereocenters. The number of aliphatic hydroxyl groups is 1. The molecule has 0 aliphatic heterocycles. The molecule has 3 nitrogen and oxygen atoms in total. The van der Waals surface area contributed by atoms with Gasteiger partial charge < -0.3 is 9.66 Å². The maximum Gasteiger partial charge on any atom is 0.152 e. The lowest BCUT2D eigenvalue weighted by Crippen LogP contribution is -1.96. The van der Waals surface area contributed by atoms with Crippen LogP contribution in [0.5, 0.6) is 0 Å². The van der Waals surface area contributed by atoms with Gasteiger partial charge in [-0.15, -0.1) is 0 Å². The lowest BCUT2D eigenvalue weighted by atomic mass is 10.5. The van der Waals surface area contributed by atoms with E-state index < -0.39 is 11.1 Å². The van der Waals surface area contributed by atoms with Crippen molar-refractivity contribution in [2.75, 3.05) is 23.9 Å². The van der Waals surface area contributed by atoms with Gasteiger partial charge in [-0.25, -0.2) is 4.21 Å². The van der Waals surface area contributed by atoms with Gasteiger partial charge in [0.05, 0.1) is 5.75 Å². The summed E-state index contributed by atoms with van der Waals surface area (Å²) in [6.07, 6.45) is 1.59. The monoisotopic (exact) mass is 198 g/mol. The largest absolute Gasteiger partial charge is 0.396 e. The zero-order chi connectivity index (χ0) is 8.53. The predicted octanol–water partition coefficient (Wildman–Crippen LogP) is 0.714. The Morgan fingerprint density at radius 3 is 2.45 bits per heavy atom. The van der Waals surface area contributed by atoms with Crippen molar-refractivity contribution in [1.29, 1.82) is 0 Å². The van der Waals surface area contributed by atoms with Crippen molar-refractivity contribution in [2.45, 2.75) is 12.8 Å². The minimum atomic E-state index is -1.64. The van der Waals surface area contributed by atoms with Crippen LogP contribution in [-0.2, 0) is 11.1 Å². The lowest BCUT2D eigenvalue weighted by molar-refractivity contribution is 0.296. The maximum atomic E-state index is 10.2. The quantitative estimate of drug-likeness (QED) is 0.467. The molecule has 11 heavy (non-hydrogen) atoms. The van der Waals surface area contributed by atoms with Gasteiger partial charge in [0, 0.05) is 6.61 Å². The van der Waals surface area contributed by atoms with Crippen LogP contribution >= 0.6 is 11.8 Å². The SMILES string of the molecule is O=S(O)CCCSCCCO. The van der Waals surface area contributed by atoms with Gasteiger partial charge in [0.1, 0.15) is 0 Å². The lowest BCUT2D eigenvalue weighted by Gasteiger charge is -1.97. The summed E-state index contributed by atoms with van der Waals surface area (Å²) in [5, 5.41) is 8.41. The molecule has 0 heterocycles. The molecule has 0 spiro atoms. The zero-order valence-corrected chi connectivity index (χ0v) is 7.99. The molecule has 0 aliphatic rings. The normalized spacial score (nSPS) is 13.3. The van der Waals surface area contributed by atoms with E-state index in [1.807, 2.05) is 0 Å². The minimum absolute atomic E-state index is 0.235. The van der Waals surface area contributed by atoms with E-state index in [0.717, 1.165) is 24.3 Å². The molecule has 0 fully saturated rings. The molecule has 0 aromatic rings. The van der Waals surface area contributed by atoms with E-state index in [1.165, 1.54) is 0 Å². The highest BCUT2D eigenvalue weighted by Crippen LogP contribution is 2.03. The Kier molecular flexibility index (Phi) is 8.84. The number of rotatable bonds is 7. The van der Waals surface area contributed by atoms with Crippen LogP contribution < -0.4 is 0 Å². The number of hydrogen-bond acceptors (Lipinski definition) is 3. The van der Waals surface area contributed by atoms with Crippen LogP contribution in [0.1, 0.15) is 12.8 Å². The Balaban J connectivity index is 2.85. The van der Waals surface area contributed by atoms with E-state index >= 15 is 0 Å². The fraction of sp³-hybridized carbons (Fsp3) is 1.00. The zero-order valence-electron chi connectivity index (χ0n) is 6.36. The summed E-state index contributed by atoms with van der Waals surface area (Å²) in [4.78, 5) is 0. The Hall–Kier alpha value is 0.420. The second-order valence-electron chi connectivity index (χ2n) is 2.07. The summed E-state index contributed by atoms with van der Waals surface area (Å²) in [7, 11) is 0. The summed E-state index contributed by atoms with van der Waals surface area (Å²) in [6, 6.07) is 0. The summed E-state index contributed by atoms with van der Waals surface area (Å²) < 4.78 is 18.5. The van der Waals surface area contributed by atoms with Crippen molar-refractivity contribution in [1.82, 2.24) is 0 Å². The molecule has 0 aliphatic carbocycles. The Morgan fingerprint density at radius 1 is 1.27 bits per heavy atom. The third-order valence-corrected chi connectivity index (χ3v) is 2.85. The van der Waals surface area contributed by atoms with Crippen LogP contribution in [0.2, 0.25) is 0 Å². The first kappa shape index (κ1) is 11.4. The highest BCUT2D eigenvalue weighted by molar-refractivity contribution is 7.99. The van der Waals surface area contributed by atoms with Crippen LogP contribution in [0, 0.1) is 0 Å². The molecule has 0 radical (unpaired) electrons. The van der Waals surface area contributed by atoms with Crippen LogP contribution in [0.3, 0.4) is 0 Å². The van der Waals surface area contributed by atoms with E-state index in [2.05, 4.69) is 0 Å². The molecule has 0 saturated heterocycles. The van der Waals surface area contributed by atoms with E-state index in [-0.39, 0.29) is 6.61 Å². The molecular formula is C6H14O3S2. The molecule has 0 amide bonds. The third kappa shape index (κ3) is 10.4. The molecule has 0 bridgehead atoms. The summed E-state index contributed by atoms with van der Waals surface area (Å²) in [5.74, 6) is 2.22. The first-order valence-corrected chi connectivity index (χ1v) is 5.96. The highest BCUT2D eigenvalue weighted by Gasteiger charge is 1.93. The first-order valence-electron chi connectivity index (χ1n) is 3.53. The summed E-state index contributed by atoms with van der Waals surface area (Å²) >= 11 is 0.0788. The Labute approximate surface area is 73.9 Å². The second-order valence-corrected chi connectivity index (χ2v) is 4.34. The van der Waals surface area contributed by atoms with Crippen LogP contribution in [0.25, 0.3) is 0 Å². The van der Waals surface area contributed by atoms with Crippen molar-refractivity contribution in [2.24, 2.45) is 0 Å². The summed E-state index contributed by atoms with van der Waals surface area (Å²) in [5.41, 5.74) is 0. The third-order valence-electron chi connectivity index (χ3n) is 1.05. The molecule has 0 saturated carbocycles. The van der Waals surface area contributed by atoms with Gasteiger partial charge in [-0.05, 0) is 24.3 Å². The fourth-order valence-electron chi connectivity index (χ4n) is 0.553. The van der Waals surface area contributed by atoms with Gasteiger partial charge in [0.2, 0.25) is 0 Å². The van der Waals surface area contributed by atoms with Gasteiger partial charge in [0.25, 0.3) is 0 Å². The van der Waals surface area contributed by atoms with Crippen molar-refractivity contribution < 1.29 is 13.9 Å². The van der Waals surface area contributed by atoms with Crippen molar-refractivity contribution in [3.8, 4) is 0 Å². The van der Waals surface area contributed by atoms with Gasteiger partial charge >= 0.3 is 0 Å². The van der Waals surface area contributed by atoms with E-state index in [1.54, 1.807) is 11.8 Å². The van der Waals surface area contributed by atoms with E-state index in [0.29, 0.717) is 5.75 Å². The maximum absolute atomic E-state index is 10.2. The molecule has 0 rings (SSSR count). The van der Waals surface area contributed by atoms with Crippen molar-refractivity contribution >= 4 is 22.8 Å². The van der Waals surface area contributed by atoms with Crippen LogP contribution in [0.15, 0.2) is 0 Å². The predicted molar refractivity (Wildman–Crippen MR) is 49.3 cm³/mol. The molecule has 5 heteroatoms. The van der Waals surface area contributed by atoms with Gasteiger partial charge in [-0.1, -0.05) is 0 Å². The molecule has 0 aromatic heterocycles. The molecule has 68 valence electrons. The Bertz CT molecular complexity index is 108. The van der Waals surface area contributed by atoms with Gasteiger partial charge in [-0.3, -0.25) is 0 Å². The van der Waals surface area contributed by atoms with Crippen molar-refractivity contribution in [3.63, 3.8) is 0 Å².